The Morgan fingerprint density at radius 3 is 1.62 bits per heavy atom. The second kappa shape index (κ2) is 8.72. The van der Waals surface area contributed by atoms with Crippen LogP contribution in [0.2, 0.25) is 0 Å². The van der Waals surface area contributed by atoms with Gasteiger partial charge in [-0.1, -0.05) is 40.5 Å². The van der Waals surface area contributed by atoms with Crippen molar-refractivity contribution in [2.45, 2.75) is 65.5 Å². The highest BCUT2D eigenvalue weighted by Gasteiger charge is 2.01. The van der Waals surface area contributed by atoms with Crippen LogP contribution < -0.4 is 9.96 Å². The topological polar surface area (TPSA) is 24.1 Å². The van der Waals surface area contributed by atoms with Gasteiger partial charge in [0.15, 0.2) is 9.84 Å². The van der Waals surface area contributed by atoms with E-state index in [0.717, 1.165) is 0 Å². The summed E-state index contributed by atoms with van der Waals surface area (Å²) >= 11 is 0. The minimum Gasteiger partial charge on any atom is -0.328 e. The summed E-state index contributed by atoms with van der Waals surface area (Å²) in [6.07, 6.45) is 5.17. The molecule has 2 atom stereocenters. The molecule has 0 rings (SSSR count). The van der Waals surface area contributed by atoms with Gasteiger partial charge in [-0.05, 0) is 24.9 Å². The highest BCUT2D eigenvalue weighted by atomic mass is 28.2. The standard InChI is InChI=1S/C10H26N2Si/c1-5-7-9(3)11-13-12-10(4)8-6-2/h9-12H,5-8,13H2,1-4H3. The number of hydrogen-bond donors (Lipinski definition) is 2. The van der Waals surface area contributed by atoms with Crippen LogP contribution in [-0.4, -0.2) is 21.9 Å². The van der Waals surface area contributed by atoms with Gasteiger partial charge in [0.25, 0.3) is 0 Å². The van der Waals surface area contributed by atoms with Gasteiger partial charge in [-0.15, -0.1) is 0 Å². The summed E-state index contributed by atoms with van der Waals surface area (Å²) in [6, 6.07) is 1.41. The summed E-state index contributed by atoms with van der Waals surface area (Å²) in [5.41, 5.74) is 0. The van der Waals surface area contributed by atoms with Crippen LogP contribution >= 0.6 is 0 Å². The largest absolute Gasteiger partial charge is 0.328 e. The normalized spacial score (nSPS) is 16.6. The molecule has 0 amide bonds. The molecule has 0 fully saturated rings. The fourth-order valence-electron chi connectivity index (χ4n) is 1.48. The Labute approximate surface area is 85.9 Å². The monoisotopic (exact) mass is 202 g/mol. The van der Waals surface area contributed by atoms with Crippen LogP contribution in [0.25, 0.3) is 0 Å². The molecule has 0 aromatic rings. The van der Waals surface area contributed by atoms with Gasteiger partial charge in [0.05, 0.1) is 0 Å². The molecule has 0 aliphatic heterocycles. The average molecular weight is 202 g/mol. The van der Waals surface area contributed by atoms with Crippen LogP contribution in [0.4, 0.5) is 0 Å². The Balaban J connectivity index is 3.23. The zero-order valence-electron chi connectivity index (χ0n) is 9.69. The third-order valence-corrected chi connectivity index (χ3v) is 4.15. The van der Waals surface area contributed by atoms with E-state index in [0.29, 0.717) is 12.1 Å². The molecule has 2 nitrogen and oxygen atoms in total. The lowest BCUT2D eigenvalue weighted by Crippen LogP contribution is -2.42. The Morgan fingerprint density at radius 1 is 0.923 bits per heavy atom. The van der Waals surface area contributed by atoms with E-state index in [1.807, 2.05) is 0 Å². The second-order valence-corrected chi connectivity index (χ2v) is 5.13. The third kappa shape index (κ3) is 8.47. The first-order valence-corrected chi connectivity index (χ1v) is 7.08. The summed E-state index contributed by atoms with van der Waals surface area (Å²) in [7, 11) is -0.224. The minimum atomic E-state index is -0.224. The van der Waals surface area contributed by atoms with Gasteiger partial charge in [-0.25, -0.2) is 0 Å². The molecule has 0 aromatic heterocycles. The molecule has 0 saturated carbocycles. The second-order valence-electron chi connectivity index (χ2n) is 3.96. The van der Waals surface area contributed by atoms with Crippen molar-refractivity contribution in [2.75, 3.05) is 0 Å². The predicted molar refractivity (Wildman–Crippen MR) is 63.6 cm³/mol. The van der Waals surface area contributed by atoms with Crippen molar-refractivity contribution < 1.29 is 0 Å². The van der Waals surface area contributed by atoms with Gasteiger partial charge in [-0.3, -0.25) is 0 Å². The van der Waals surface area contributed by atoms with Gasteiger partial charge in [0.1, 0.15) is 0 Å². The van der Waals surface area contributed by atoms with E-state index >= 15 is 0 Å². The van der Waals surface area contributed by atoms with Crippen molar-refractivity contribution in [1.29, 1.82) is 0 Å². The lowest BCUT2D eigenvalue weighted by Gasteiger charge is -2.16. The highest BCUT2D eigenvalue weighted by molar-refractivity contribution is 6.28. The molecular formula is C10H26N2Si. The summed E-state index contributed by atoms with van der Waals surface area (Å²) in [4.78, 5) is 7.20. The van der Waals surface area contributed by atoms with Gasteiger partial charge in [0, 0.05) is 0 Å². The first-order valence-electron chi connectivity index (χ1n) is 5.67. The third-order valence-electron chi connectivity index (χ3n) is 2.34. The van der Waals surface area contributed by atoms with Crippen LogP contribution in [-0.2, 0) is 0 Å². The van der Waals surface area contributed by atoms with E-state index in [9.17, 15) is 0 Å². The summed E-state index contributed by atoms with van der Waals surface area (Å²) in [5.74, 6) is 0. The lowest BCUT2D eigenvalue weighted by atomic mass is 10.2. The Morgan fingerprint density at radius 2 is 1.31 bits per heavy atom. The zero-order valence-corrected chi connectivity index (χ0v) is 11.1. The fourth-order valence-corrected chi connectivity index (χ4v) is 2.70. The zero-order chi connectivity index (χ0) is 10.1. The van der Waals surface area contributed by atoms with Crippen molar-refractivity contribution in [3.63, 3.8) is 0 Å². The Kier molecular flexibility index (Phi) is 8.81. The van der Waals surface area contributed by atoms with E-state index < -0.39 is 0 Å². The molecule has 0 heterocycles. The summed E-state index contributed by atoms with van der Waals surface area (Å²) in [6.45, 7) is 9.05. The van der Waals surface area contributed by atoms with Gasteiger partial charge >= 0.3 is 0 Å². The lowest BCUT2D eigenvalue weighted by molar-refractivity contribution is 0.574. The first-order chi connectivity index (χ1) is 6.20. The Bertz CT molecular complexity index is 97.1. The van der Waals surface area contributed by atoms with E-state index in [1.165, 1.54) is 25.7 Å². The summed E-state index contributed by atoms with van der Waals surface area (Å²) in [5, 5.41) is 0. The molecule has 0 radical (unpaired) electrons. The van der Waals surface area contributed by atoms with Crippen LogP contribution in [0, 0.1) is 0 Å². The molecule has 0 bridgehead atoms. The van der Waals surface area contributed by atoms with Gasteiger partial charge in [0.2, 0.25) is 0 Å². The van der Waals surface area contributed by atoms with E-state index in [4.69, 9.17) is 0 Å². The average Bonchev–Trinajstić information content (AvgIpc) is 2.05. The maximum atomic E-state index is 3.60. The molecular weight excluding hydrogens is 176 g/mol. The van der Waals surface area contributed by atoms with E-state index in [-0.39, 0.29) is 9.84 Å². The van der Waals surface area contributed by atoms with Crippen LogP contribution in [0.5, 0.6) is 0 Å². The minimum absolute atomic E-state index is 0.224. The molecule has 3 heteroatoms. The molecule has 80 valence electrons. The molecule has 0 spiro atoms. The molecule has 2 unspecified atom stereocenters. The number of rotatable bonds is 8. The molecule has 0 aliphatic rings. The molecule has 2 N–H and O–H groups in total. The Hall–Kier alpha value is 0.137. The maximum absolute atomic E-state index is 3.60. The molecule has 0 saturated heterocycles. The van der Waals surface area contributed by atoms with Gasteiger partial charge < -0.3 is 9.96 Å². The maximum Gasteiger partial charge on any atom is 0.168 e. The van der Waals surface area contributed by atoms with E-state index in [2.05, 4.69) is 37.7 Å². The number of hydrogen-bond acceptors (Lipinski definition) is 2. The van der Waals surface area contributed by atoms with Crippen molar-refractivity contribution >= 4 is 9.84 Å². The quantitative estimate of drug-likeness (QED) is 0.584. The van der Waals surface area contributed by atoms with Crippen molar-refractivity contribution in [3.8, 4) is 0 Å². The van der Waals surface area contributed by atoms with Crippen molar-refractivity contribution in [3.05, 3.63) is 0 Å². The highest BCUT2D eigenvalue weighted by Crippen LogP contribution is 1.94. The van der Waals surface area contributed by atoms with Crippen LogP contribution in [0.15, 0.2) is 0 Å². The fraction of sp³-hybridized carbons (Fsp3) is 1.00. The first kappa shape index (κ1) is 13.1. The molecule has 0 aromatic carbocycles. The molecule has 0 aliphatic carbocycles. The van der Waals surface area contributed by atoms with Crippen molar-refractivity contribution in [2.24, 2.45) is 0 Å². The van der Waals surface area contributed by atoms with Gasteiger partial charge in [-0.2, -0.15) is 0 Å². The van der Waals surface area contributed by atoms with Crippen LogP contribution in [0.3, 0.4) is 0 Å². The SMILES string of the molecule is CCCC(C)N[SiH2]NC(C)CCC. The number of nitrogens with one attached hydrogen (secondary N) is 2. The summed E-state index contributed by atoms with van der Waals surface area (Å²) < 4.78 is 0. The smallest absolute Gasteiger partial charge is 0.168 e. The van der Waals surface area contributed by atoms with Crippen LogP contribution in [0.1, 0.15) is 53.4 Å². The molecule has 13 heavy (non-hydrogen) atoms. The van der Waals surface area contributed by atoms with Crippen molar-refractivity contribution in [1.82, 2.24) is 9.96 Å². The van der Waals surface area contributed by atoms with E-state index in [1.54, 1.807) is 0 Å². The predicted octanol–water partition coefficient (Wildman–Crippen LogP) is 1.54.